The van der Waals surface area contributed by atoms with E-state index in [9.17, 15) is 9.59 Å². The molecule has 0 unspecified atom stereocenters. The summed E-state index contributed by atoms with van der Waals surface area (Å²) in [5.74, 6) is -0.184. The minimum absolute atomic E-state index is 0.140. The highest BCUT2D eigenvalue weighted by Crippen LogP contribution is 2.28. The van der Waals surface area contributed by atoms with Crippen molar-refractivity contribution in [2.75, 3.05) is 11.1 Å². The number of para-hydroxylation sites is 1. The molecule has 0 saturated heterocycles. The van der Waals surface area contributed by atoms with Crippen LogP contribution >= 0.6 is 11.8 Å². The van der Waals surface area contributed by atoms with Gasteiger partial charge in [0.15, 0.2) is 5.16 Å². The van der Waals surface area contributed by atoms with E-state index in [4.69, 9.17) is 0 Å². The Morgan fingerprint density at radius 1 is 0.875 bits per heavy atom. The first-order valence-electron chi connectivity index (χ1n) is 10.3. The fraction of sp³-hybridized carbons (Fsp3) is 0.115. The van der Waals surface area contributed by atoms with Crippen molar-refractivity contribution in [3.05, 3.63) is 102 Å². The number of thioether (sulfide) groups is 1. The van der Waals surface area contributed by atoms with Crippen LogP contribution in [-0.4, -0.2) is 27.1 Å². The molecule has 0 aliphatic rings. The Labute approximate surface area is 191 Å². The Morgan fingerprint density at radius 2 is 1.50 bits per heavy atom. The molecule has 3 aromatic carbocycles. The minimum Gasteiger partial charge on any atom is -0.325 e. The molecule has 32 heavy (non-hydrogen) atoms. The molecule has 1 heterocycles. The average Bonchev–Trinajstić information content (AvgIpc) is 3.25. The predicted molar refractivity (Wildman–Crippen MR) is 129 cm³/mol. The number of benzene rings is 3. The van der Waals surface area contributed by atoms with Crippen LogP contribution in [0.1, 0.15) is 21.5 Å². The number of aryl methyl sites for hydroxylation is 2. The number of hydrogen-bond donors (Lipinski definition) is 1. The molecule has 0 aliphatic heterocycles. The molecule has 0 spiro atoms. The zero-order valence-corrected chi connectivity index (χ0v) is 18.7. The second-order valence-corrected chi connectivity index (χ2v) is 8.34. The van der Waals surface area contributed by atoms with E-state index in [1.165, 1.54) is 11.8 Å². The number of rotatable bonds is 6. The maximum Gasteiger partial charge on any atom is 0.264 e. The summed E-state index contributed by atoms with van der Waals surface area (Å²) in [4.78, 5) is 30.5. The molecule has 0 bridgehead atoms. The number of imidazole rings is 1. The topological polar surface area (TPSA) is 64.0 Å². The summed E-state index contributed by atoms with van der Waals surface area (Å²) in [6.07, 6.45) is 1.68. The van der Waals surface area contributed by atoms with Gasteiger partial charge in [0.05, 0.1) is 17.6 Å². The number of nitrogens with zero attached hydrogens (tertiary/aromatic N) is 2. The van der Waals surface area contributed by atoms with Crippen LogP contribution in [0.3, 0.4) is 0 Å². The quantitative estimate of drug-likeness (QED) is 0.396. The van der Waals surface area contributed by atoms with Gasteiger partial charge in [-0.05, 0) is 37.1 Å². The largest absolute Gasteiger partial charge is 0.325 e. The van der Waals surface area contributed by atoms with Crippen LogP contribution in [-0.2, 0) is 4.79 Å². The number of hydrogen-bond acceptors (Lipinski definition) is 4. The van der Waals surface area contributed by atoms with Gasteiger partial charge in [0.1, 0.15) is 0 Å². The second-order valence-electron chi connectivity index (χ2n) is 7.40. The SMILES string of the molecule is Cc1cccc(C)c1NC(=O)CSc1ncc(-c2ccccc2)n1C(=O)c1ccccc1. The van der Waals surface area contributed by atoms with Gasteiger partial charge in [0.25, 0.3) is 5.91 Å². The van der Waals surface area contributed by atoms with Crippen LogP contribution in [0.2, 0.25) is 0 Å². The lowest BCUT2D eigenvalue weighted by molar-refractivity contribution is -0.113. The first-order chi connectivity index (χ1) is 15.5. The highest BCUT2D eigenvalue weighted by molar-refractivity contribution is 7.99. The summed E-state index contributed by atoms with van der Waals surface area (Å²) < 4.78 is 1.58. The molecule has 0 fully saturated rings. The summed E-state index contributed by atoms with van der Waals surface area (Å²) in [7, 11) is 0. The van der Waals surface area contributed by atoms with Crippen molar-refractivity contribution < 1.29 is 9.59 Å². The van der Waals surface area contributed by atoms with Crippen molar-refractivity contribution in [1.29, 1.82) is 0 Å². The summed E-state index contributed by atoms with van der Waals surface area (Å²) in [5.41, 5.74) is 4.98. The predicted octanol–water partition coefficient (Wildman–Crippen LogP) is 5.59. The van der Waals surface area contributed by atoms with Gasteiger partial charge in [-0.25, -0.2) is 4.98 Å². The van der Waals surface area contributed by atoms with Gasteiger partial charge in [-0.3, -0.25) is 14.2 Å². The Morgan fingerprint density at radius 3 is 2.16 bits per heavy atom. The van der Waals surface area contributed by atoms with Crippen molar-refractivity contribution in [3.8, 4) is 11.3 Å². The molecule has 1 amide bonds. The van der Waals surface area contributed by atoms with Gasteiger partial charge < -0.3 is 5.32 Å². The highest BCUT2D eigenvalue weighted by Gasteiger charge is 2.20. The lowest BCUT2D eigenvalue weighted by Gasteiger charge is -2.12. The van der Waals surface area contributed by atoms with Crippen LogP contribution in [0.15, 0.2) is 90.2 Å². The lowest BCUT2D eigenvalue weighted by atomic mass is 10.1. The van der Waals surface area contributed by atoms with Crippen molar-refractivity contribution >= 4 is 29.3 Å². The average molecular weight is 442 g/mol. The smallest absolute Gasteiger partial charge is 0.264 e. The van der Waals surface area contributed by atoms with E-state index in [2.05, 4.69) is 10.3 Å². The third-order valence-electron chi connectivity index (χ3n) is 5.10. The molecule has 0 radical (unpaired) electrons. The van der Waals surface area contributed by atoms with E-state index < -0.39 is 0 Å². The Hall–Kier alpha value is -3.64. The van der Waals surface area contributed by atoms with Crippen LogP contribution in [0, 0.1) is 13.8 Å². The van der Waals surface area contributed by atoms with Crippen molar-refractivity contribution in [2.24, 2.45) is 0 Å². The number of aromatic nitrogens is 2. The fourth-order valence-electron chi connectivity index (χ4n) is 3.47. The van der Waals surface area contributed by atoms with Gasteiger partial charge >= 0.3 is 0 Å². The van der Waals surface area contributed by atoms with Gasteiger partial charge in [-0.2, -0.15) is 0 Å². The molecule has 4 rings (SSSR count). The molecule has 6 heteroatoms. The van der Waals surface area contributed by atoms with E-state index in [-0.39, 0.29) is 17.6 Å². The standard InChI is InChI=1S/C26H23N3O2S/c1-18-10-9-11-19(2)24(18)28-23(30)17-32-26-27-16-22(20-12-5-3-6-13-20)29(26)25(31)21-14-7-4-8-15-21/h3-16H,17H2,1-2H3,(H,28,30). The second kappa shape index (κ2) is 9.66. The van der Waals surface area contributed by atoms with Gasteiger partial charge in [0, 0.05) is 16.8 Å². The zero-order valence-electron chi connectivity index (χ0n) is 17.9. The van der Waals surface area contributed by atoms with E-state index in [0.29, 0.717) is 16.4 Å². The molecule has 1 N–H and O–H groups in total. The number of amides is 1. The Kier molecular flexibility index (Phi) is 6.52. The van der Waals surface area contributed by atoms with Crippen molar-refractivity contribution in [2.45, 2.75) is 19.0 Å². The van der Waals surface area contributed by atoms with Crippen molar-refractivity contribution in [1.82, 2.24) is 9.55 Å². The molecule has 0 saturated carbocycles. The summed E-state index contributed by atoms with van der Waals surface area (Å²) >= 11 is 1.24. The maximum absolute atomic E-state index is 13.4. The monoisotopic (exact) mass is 441 g/mol. The van der Waals surface area contributed by atoms with E-state index in [1.54, 1.807) is 22.9 Å². The summed E-state index contributed by atoms with van der Waals surface area (Å²) in [5, 5.41) is 3.47. The summed E-state index contributed by atoms with van der Waals surface area (Å²) in [6.45, 7) is 3.93. The third kappa shape index (κ3) is 4.65. The summed E-state index contributed by atoms with van der Waals surface area (Å²) in [6, 6.07) is 24.6. The first-order valence-corrected chi connectivity index (χ1v) is 11.2. The van der Waals surface area contributed by atoms with E-state index >= 15 is 0 Å². The van der Waals surface area contributed by atoms with Crippen LogP contribution in [0.5, 0.6) is 0 Å². The third-order valence-corrected chi connectivity index (χ3v) is 6.05. The number of carbonyl (C=O) groups excluding carboxylic acids is 2. The zero-order chi connectivity index (χ0) is 22.5. The molecule has 160 valence electrons. The van der Waals surface area contributed by atoms with Gasteiger partial charge in [-0.15, -0.1) is 0 Å². The molecular weight excluding hydrogens is 418 g/mol. The molecular formula is C26H23N3O2S. The van der Waals surface area contributed by atoms with Crippen LogP contribution < -0.4 is 5.32 Å². The highest BCUT2D eigenvalue weighted by atomic mass is 32.2. The van der Waals surface area contributed by atoms with Gasteiger partial charge in [0.2, 0.25) is 5.91 Å². The van der Waals surface area contributed by atoms with Crippen molar-refractivity contribution in [3.63, 3.8) is 0 Å². The van der Waals surface area contributed by atoms with Gasteiger partial charge in [-0.1, -0.05) is 78.5 Å². The lowest BCUT2D eigenvalue weighted by Crippen LogP contribution is -2.18. The Balaban J connectivity index is 1.60. The molecule has 0 aliphatic carbocycles. The fourth-order valence-corrected chi connectivity index (χ4v) is 4.24. The molecule has 4 aromatic rings. The molecule has 5 nitrogen and oxygen atoms in total. The normalized spacial score (nSPS) is 10.7. The molecule has 0 atom stereocenters. The Bertz CT molecular complexity index is 1230. The number of anilines is 1. The minimum atomic E-state index is -0.181. The van der Waals surface area contributed by atoms with Crippen LogP contribution in [0.4, 0.5) is 5.69 Å². The molecule has 1 aromatic heterocycles. The van der Waals surface area contributed by atoms with Crippen LogP contribution in [0.25, 0.3) is 11.3 Å². The maximum atomic E-state index is 13.4. The van der Waals surface area contributed by atoms with E-state index in [0.717, 1.165) is 22.4 Å². The number of nitrogens with one attached hydrogen (secondary N) is 1. The van der Waals surface area contributed by atoms with E-state index in [1.807, 2.05) is 80.6 Å². The number of carbonyl (C=O) groups is 2. The first kappa shape index (κ1) is 21.6.